The average Bonchev–Trinajstić information content (AvgIpc) is 2.49. The highest BCUT2D eigenvalue weighted by atomic mass is 14.8. The predicted molar refractivity (Wildman–Crippen MR) is 93.0 cm³/mol. The van der Waals surface area contributed by atoms with Crippen LogP contribution in [0.5, 0.6) is 0 Å². The Morgan fingerprint density at radius 1 is 0.857 bits per heavy atom. The van der Waals surface area contributed by atoms with Gasteiger partial charge in [0.25, 0.3) is 0 Å². The van der Waals surface area contributed by atoms with E-state index in [-0.39, 0.29) is 0 Å². The lowest BCUT2D eigenvalue weighted by atomic mass is 9.99. The van der Waals surface area contributed by atoms with Crippen LogP contribution in [0.1, 0.15) is 70.4 Å². The molecule has 0 N–H and O–H groups in total. The summed E-state index contributed by atoms with van der Waals surface area (Å²) in [5, 5.41) is 0. The molecule has 0 aromatic heterocycles. The first-order valence-corrected chi connectivity index (χ1v) is 8.55. The van der Waals surface area contributed by atoms with E-state index < -0.39 is 0 Å². The second-order valence-electron chi connectivity index (χ2n) is 5.61. The van der Waals surface area contributed by atoms with Gasteiger partial charge in [-0.05, 0) is 42.5 Å². The highest BCUT2D eigenvalue weighted by Gasteiger charge is 2.02. The Morgan fingerprint density at radius 2 is 1.62 bits per heavy atom. The molecule has 0 unspecified atom stereocenters. The normalized spacial score (nSPS) is 10.2. The highest BCUT2D eigenvalue weighted by molar-refractivity contribution is 5.54. The van der Waals surface area contributed by atoms with Crippen LogP contribution >= 0.6 is 0 Å². The molecule has 0 aliphatic carbocycles. The van der Waals surface area contributed by atoms with Crippen molar-refractivity contribution in [3.8, 4) is 0 Å². The number of rotatable bonds is 10. The molecule has 0 saturated carbocycles. The molecule has 0 radical (unpaired) electrons. The average molecular weight is 286 g/mol. The number of aliphatic imine (C=N–C) groups is 2. The predicted octanol–water partition coefficient (Wildman–Crippen LogP) is 5.98. The summed E-state index contributed by atoms with van der Waals surface area (Å²) in [5.41, 5.74) is 3.88. The van der Waals surface area contributed by atoms with Gasteiger partial charge < -0.3 is 0 Å². The molecule has 0 fully saturated rings. The van der Waals surface area contributed by atoms with Crippen LogP contribution in [0.4, 0.5) is 5.69 Å². The van der Waals surface area contributed by atoms with Crippen molar-refractivity contribution in [1.29, 1.82) is 0 Å². The molecule has 0 bridgehead atoms. The van der Waals surface area contributed by atoms with Gasteiger partial charge in [0, 0.05) is 6.54 Å². The fourth-order valence-corrected chi connectivity index (χ4v) is 2.46. The van der Waals surface area contributed by atoms with Crippen molar-refractivity contribution in [2.24, 2.45) is 9.98 Å². The molecule has 0 aliphatic rings. The van der Waals surface area contributed by atoms with Crippen LogP contribution in [0.15, 0.2) is 28.2 Å². The number of nitrogens with zero attached hydrogens (tertiary/aromatic N) is 2. The van der Waals surface area contributed by atoms with Crippen molar-refractivity contribution in [2.45, 2.75) is 72.1 Å². The smallest absolute Gasteiger partial charge is 0.0948 e. The Morgan fingerprint density at radius 3 is 2.33 bits per heavy atom. The molecule has 0 spiro atoms. The molecule has 0 aliphatic heterocycles. The molecule has 21 heavy (non-hydrogen) atoms. The molecule has 1 aromatic carbocycles. The molecule has 0 saturated heterocycles. The maximum atomic E-state index is 4.35. The summed E-state index contributed by atoms with van der Waals surface area (Å²) in [5.74, 6) is 0. The van der Waals surface area contributed by atoms with Gasteiger partial charge in [0.05, 0.1) is 11.7 Å². The van der Waals surface area contributed by atoms with Crippen LogP contribution in [0.25, 0.3) is 0 Å². The molecular formula is C19H30N2. The number of benzene rings is 1. The first-order valence-electron chi connectivity index (χ1n) is 8.55. The van der Waals surface area contributed by atoms with Gasteiger partial charge >= 0.3 is 0 Å². The summed E-state index contributed by atoms with van der Waals surface area (Å²) in [4.78, 5) is 8.61. The van der Waals surface area contributed by atoms with Gasteiger partial charge in [0.15, 0.2) is 0 Å². The molecule has 0 atom stereocenters. The topological polar surface area (TPSA) is 24.7 Å². The van der Waals surface area contributed by atoms with Gasteiger partial charge in [-0.15, -0.1) is 0 Å². The monoisotopic (exact) mass is 286 g/mol. The first-order chi connectivity index (χ1) is 10.3. The van der Waals surface area contributed by atoms with Crippen LogP contribution in [-0.4, -0.2) is 12.6 Å². The lowest BCUT2D eigenvalue weighted by Crippen LogP contribution is -1.93. The van der Waals surface area contributed by atoms with Crippen molar-refractivity contribution in [1.82, 2.24) is 0 Å². The van der Waals surface area contributed by atoms with E-state index >= 15 is 0 Å². The van der Waals surface area contributed by atoms with Crippen LogP contribution in [0, 0.1) is 0 Å². The van der Waals surface area contributed by atoms with Crippen molar-refractivity contribution >= 4 is 11.7 Å². The van der Waals surface area contributed by atoms with E-state index in [1.165, 1.54) is 43.2 Å². The molecule has 0 heterocycles. The number of hydrogen-bond donors (Lipinski definition) is 0. The van der Waals surface area contributed by atoms with Gasteiger partial charge in [0.2, 0.25) is 0 Å². The van der Waals surface area contributed by atoms with E-state index in [0.717, 1.165) is 31.5 Å². The van der Waals surface area contributed by atoms with Crippen molar-refractivity contribution in [3.05, 3.63) is 29.3 Å². The van der Waals surface area contributed by atoms with Crippen LogP contribution in [-0.2, 0) is 12.8 Å². The van der Waals surface area contributed by atoms with E-state index in [4.69, 9.17) is 0 Å². The number of aryl methyl sites for hydroxylation is 2. The van der Waals surface area contributed by atoms with Gasteiger partial charge in [-0.3, -0.25) is 0 Å². The summed E-state index contributed by atoms with van der Waals surface area (Å²) in [7, 11) is 0. The third-order valence-corrected chi connectivity index (χ3v) is 3.60. The fourth-order valence-electron chi connectivity index (χ4n) is 2.46. The third-order valence-electron chi connectivity index (χ3n) is 3.60. The standard InChI is InChI=1S/C19H30N2/c1-4-7-8-9-14-20-16-21-19-13-12-17(10-5-2)18(15-19)11-6-3/h12-13,15H,4-11,14H2,1-3H3. The van der Waals surface area contributed by atoms with Crippen LogP contribution in [0.3, 0.4) is 0 Å². The SMILES string of the molecule is CCCCCCN=C=Nc1ccc(CCC)c(CCC)c1. The van der Waals surface area contributed by atoms with Crippen molar-refractivity contribution in [2.75, 3.05) is 6.54 Å². The van der Waals surface area contributed by atoms with E-state index in [9.17, 15) is 0 Å². The van der Waals surface area contributed by atoms with Gasteiger partial charge in [-0.1, -0.05) is 58.9 Å². The zero-order valence-corrected chi connectivity index (χ0v) is 14.0. The number of unbranched alkanes of at least 4 members (excludes halogenated alkanes) is 3. The van der Waals surface area contributed by atoms with Crippen LogP contribution < -0.4 is 0 Å². The molecule has 0 amide bonds. The quantitative estimate of drug-likeness (QED) is 0.373. The molecule has 1 rings (SSSR count). The van der Waals surface area contributed by atoms with Crippen molar-refractivity contribution in [3.63, 3.8) is 0 Å². The van der Waals surface area contributed by atoms with Gasteiger partial charge in [-0.2, -0.15) is 4.99 Å². The zero-order chi connectivity index (χ0) is 15.3. The largest absolute Gasteiger partial charge is 0.225 e. The summed E-state index contributed by atoms with van der Waals surface area (Å²) in [6, 6.07) is 9.36. The molecule has 1 aromatic rings. The van der Waals surface area contributed by atoms with E-state index in [1.807, 2.05) is 0 Å². The summed E-state index contributed by atoms with van der Waals surface area (Å²) in [6.45, 7) is 7.52. The third kappa shape index (κ3) is 7.24. The van der Waals surface area contributed by atoms with Crippen LogP contribution in [0.2, 0.25) is 0 Å². The summed E-state index contributed by atoms with van der Waals surface area (Å²) in [6.07, 6.45) is 9.63. The van der Waals surface area contributed by atoms with Gasteiger partial charge in [-0.25, -0.2) is 4.99 Å². The molecule has 2 heteroatoms. The lowest BCUT2D eigenvalue weighted by Gasteiger charge is -2.08. The molecule has 116 valence electrons. The van der Waals surface area contributed by atoms with E-state index in [2.05, 4.69) is 55.0 Å². The fraction of sp³-hybridized carbons (Fsp3) is 0.632. The minimum absolute atomic E-state index is 0.846. The minimum atomic E-state index is 0.846. The van der Waals surface area contributed by atoms with E-state index in [1.54, 1.807) is 0 Å². The lowest BCUT2D eigenvalue weighted by molar-refractivity contribution is 0.676. The van der Waals surface area contributed by atoms with E-state index in [0.29, 0.717) is 0 Å². The number of hydrogen-bond acceptors (Lipinski definition) is 2. The Bertz CT molecular complexity index is 457. The molecule has 2 nitrogen and oxygen atoms in total. The molecular weight excluding hydrogens is 256 g/mol. The Hall–Kier alpha value is -1.40. The zero-order valence-electron chi connectivity index (χ0n) is 14.0. The second kappa shape index (κ2) is 11.3. The second-order valence-corrected chi connectivity index (χ2v) is 5.61. The minimum Gasteiger partial charge on any atom is -0.225 e. The first kappa shape index (κ1) is 17.7. The van der Waals surface area contributed by atoms with Crippen molar-refractivity contribution < 1.29 is 0 Å². The summed E-state index contributed by atoms with van der Waals surface area (Å²) < 4.78 is 0. The Labute approximate surface area is 130 Å². The van der Waals surface area contributed by atoms with Gasteiger partial charge in [0.1, 0.15) is 0 Å². The highest BCUT2D eigenvalue weighted by Crippen LogP contribution is 2.20. The summed E-state index contributed by atoms with van der Waals surface area (Å²) >= 11 is 0. The Balaban J connectivity index is 2.61. The maximum absolute atomic E-state index is 4.35. The maximum Gasteiger partial charge on any atom is 0.0948 e. The Kier molecular flexibility index (Phi) is 9.48.